The Bertz CT molecular complexity index is 425. The van der Waals surface area contributed by atoms with Crippen LogP contribution in [0.2, 0.25) is 4.34 Å². The zero-order chi connectivity index (χ0) is 13.1. The summed E-state index contributed by atoms with van der Waals surface area (Å²) in [5.74, 6) is 0.366. The lowest BCUT2D eigenvalue weighted by atomic mass is 10.1. The molecule has 1 aromatic heterocycles. The van der Waals surface area contributed by atoms with Crippen LogP contribution in [0.25, 0.3) is 0 Å². The van der Waals surface area contributed by atoms with Gasteiger partial charge in [0.05, 0.1) is 10.9 Å². The van der Waals surface area contributed by atoms with E-state index in [-0.39, 0.29) is 30.3 Å². The Morgan fingerprint density at radius 3 is 2.74 bits per heavy atom. The quantitative estimate of drug-likeness (QED) is 0.924. The molecule has 1 aromatic rings. The van der Waals surface area contributed by atoms with E-state index in [0.717, 1.165) is 35.0 Å². The van der Waals surface area contributed by atoms with Gasteiger partial charge in [0, 0.05) is 23.4 Å². The van der Waals surface area contributed by atoms with Crippen molar-refractivity contribution in [2.24, 2.45) is 11.7 Å². The van der Waals surface area contributed by atoms with Crippen molar-refractivity contribution < 1.29 is 4.79 Å². The van der Waals surface area contributed by atoms with Gasteiger partial charge in [-0.2, -0.15) is 0 Å². The molecule has 0 bridgehead atoms. The lowest BCUT2D eigenvalue weighted by Gasteiger charge is -2.23. The number of thiophene rings is 1. The molecule has 1 fully saturated rings. The topological polar surface area (TPSA) is 46.3 Å². The van der Waals surface area contributed by atoms with Crippen LogP contribution in [-0.4, -0.2) is 23.4 Å². The monoisotopic (exact) mass is 322 g/mol. The summed E-state index contributed by atoms with van der Waals surface area (Å²) in [6.45, 7) is 3.42. The highest BCUT2D eigenvalue weighted by atomic mass is 35.5. The van der Waals surface area contributed by atoms with Crippen LogP contribution in [-0.2, 0) is 11.3 Å². The number of hydrogen-bond acceptors (Lipinski definition) is 3. The number of nitrogens with two attached hydrogens (primary N) is 1. The van der Waals surface area contributed by atoms with Crippen molar-refractivity contribution in [1.82, 2.24) is 4.90 Å². The van der Waals surface area contributed by atoms with Gasteiger partial charge in [0.25, 0.3) is 0 Å². The molecule has 0 radical (unpaired) electrons. The van der Waals surface area contributed by atoms with E-state index in [2.05, 4.69) is 0 Å². The molecule has 3 nitrogen and oxygen atoms in total. The first-order valence-corrected chi connectivity index (χ1v) is 7.58. The number of amides is 1. The Labute approximate surface area is 129 Å². The molecule has 108 valence electrons. The minimum atomic E-state index is 0. The van der Waals surface area contributed by atoms with Crippen molar-refractivity contribution in [2.45, 2.75) is 38.8 Å². The molecule has 0 saturated heterocycles. The van der Waals surface area contributed by atoms with Crippen LogP contribution in [0.1, 0.15) is 31.1 Å². The van der Waals surface area contributed by atoms with Crippen LogP contribution in [0.4, 0.5) is 0 Å². The number of nitrogens with zero attached hydrogens (tertiary/aromatic N) is 1. The summed E-state index contributed by atoms with van der Waals surface area (Å²) in [5, 5.41) is 0. The summed E-state index contributed by atoms with van der Waals surface area (Å²) in [6.07, 6.45) is 2.74. The minimum absolute atomic E-state index is 0. The van der Waals surface area contributed by atoms with E-state index in [4.69, 9.17) is 17.3 Å². The van der Waals surface area contributed by atoms with Gasteiger partial charge in [-0.1, -0.05) is 11.6 Å². The first kappa shape index (κ1) is 16.8. The molecular formula is C13H20Cl2N2OS. The van der Waals surface area contributed by atoms with E-state index in [1.54, 1.807) is 0 Å². The summed E-state index contributed by atoms with van der Waals surface area (Å²) >= 11 is 7.45. The Morgan fingerprint density at radius 1 is 1.53 bits per heavy atom. The maximum absolute atomic E-state index is 12.4. The third-order valence-corrected chi connectivity index (χ3v) is 4.71. The van der Waals surface area contributed by atoms with Crippen molar-refractivity contribution in [2.75, 3.05) is 6.54 Å². The SMILES string of the molecule is CCN(Cc1ccc(Cl)s1)C(=O)C1CCC(N)C1.Cl. The zero-order valence-corrected chi connectivity index (χ0v) is 13.4. The van der Waals surface area contributed by atoms with Crippen LogP contribution in [0.15, 0.2) is 12.1 Å². The molecular weight excluding hydrogens is 303 g/mol. The summed E-state index contributed by atoms with van der Waals surface area (Å²) in [4.78, 5) is 15.4. The standard InChI is InChI=1S/C13H19ClN2OS.ClH/c1-2-16(8-11-5-6-12(14)18-11)13(17)9-3-4-10(15)7-9;/h5-6,9-10H,2-4,7-8,15H2,1H3;1H. The lowest BCUT2D eigenvalue weighted by Crippen LogP contribution is -2.35. The van der Waals surface area contributed by atoms with E-state index >= 15 is 0 Å². The largest absolute Gasteiger partial charge is 0.338 e. The fourth-order valence-corrected chi connectivity index (χ4v) is 3.57. The first-order valence-electron chi connectivity index (χ1n) is 6.38. The summed E-state index contributed by atoms with van der Waals surface area (Å²) < 4.78 is 0.774. The zero-order valence-electron chi connectivity index (χ0n) is 11.0. The van der Waals surface area contributed by atoms with E-state index < -0.39 is 0 Å². The fraction of sp³-hybridized carbons (Fsp3) is 0.615. The molecule has 1 amide bonds. The second-order valence-electron chi connectivity index (χ2n) is 4.83. The maximum Gasteiger partial charge on any atom is 0.226 e. The third kappa shape index (κ3) is 4.35. The highest BCUT2D eigenvalue weighted by Crippen LogP contribution is 2.28. The number of carbonyl (C=O) groups excluding carboxylic acids is 1. The molecule has 0 aliphatic heterocycles. The van der Waals surface area contributed by atoms with Gasteiger partial charge in [0.1, 0.15) is 0 Å². The fourth-order valence-electron chi connectivity index (χ4n) is 2.47. The van der Waals surface area contributed by atoms with E-state index in [9.17, 15) is 4.79 Å². The Balaban J connectivity index is 0.00000180. The Kier molecular flexibility index (Phi) is 6.60. The molecule has 19 heavy (non-hydrogen) atoms. The smallest absolute Gasteiger partial charge is 0.226 e. The van der Waals surface area contributed by atoms with Gasteiger partial charge in [0.2, 0.25) is 5.91 Å². The summed E-state index contributed by atoms with van der Waals surface area (Å²) in [5.41, 5.74) is 5.87. The van der Waals surface area contributed by atoms with Crippen molar-refractivity contribution in [3.63, 3.8) is 0 Å². The molecule has 2 atom stereocenters. The van der Waals surface area contributed by atoms with Gasteiger partial charge in [-0.15, -0.1) is 23.7 Å². The average Bonchev–Trinajstić information content (AvgIpc) is 2.94. The van der Waals surface area contributed by atoms with E-state index in [0.29, 0.717) is 6.54 Å². The molecule has 2 rings (SSSR count). The predicted molar refractivity (Wildman–Crippen MR) is 83.0 cm³/mol. The highest BCUT2D eigenvalue weighted by Gasteiger charge is 2.30. The Hall–Kier alpha value is -0.290. The summed E-state index contributed by atoms with van der Waals surface area (Å²) in [7, 11) is 0. The lowest BCUT2D eigenvalue weighted by molar-refractivity contribution is -0.135. The van der Waals surface area contributed by atoms with Gasteiger partial charge >= 0.3 is 0 Å². The second-order valence-corrected chi connectivity index (χ2v) is 6.63. The first-order chi connectivity index (χ1) is 8.60. The van der Waals surface area contributed by atoms with Crippen LogP contribution in [0, 0.1) is 5.92 Å². The molecule has 1 aliphatic rings. The Morgan fingerprint density at radius 2 is 2.26 bits per heavy atom. The van der Waals surface area contributed by atoms with Gasteiger partial charge in [-0.25, -0.2) is 0 Å². The maximum atomic E-state index is 12.4. The summed E-state index contributed by atoms with van der Waals surface area (Å²) in [6, 6.07) is 4.07. The van der Waals surface area contributed by atoms with Gasteiger partial charge in [0.15, 0.2) is 0 Å². The molecule has 0 spiro atoms. The molecule has 1 aliphatic carbocycles. The van der Waals surface area contributed by atoms with Crippen molar-refractivity contribution in [1.29, 1.82) is 0 Å². The molecule has 1 heterocycles. The highest BCUT2D eigenvalue weighted by molar-refractivity contribution is 7.16. The normalized spacial score (nSPS) is 22.1. The van der Waals surface area contributed by atoms with Crippen LogP contribution >= 0.6 is 35.3 Å². The van der Waals surface area contributed by atoms with Crippen molar-refractivity contribution in [3.8, 4) is 0 Å². The number of hydrogen-bond donors (Lipinski definition) is 1. The van der Waals surface area contributed by atoms with Gasteiger partial charge < -0.3 is 10.6 Å². The van der Waals surface area contributed by atoms with Crippen LogP contribution in [0.3, 0.4) is 0 Å². The molecule has 1 saturated carbocycles. The van der Waals surface area contributed by atoms with E-state index in [1.165, 1.54) is 11.3 Å². The molecule has 2 N–H and O–H groups in total. The average molecular weight is 323 g/mol. The molecule has 2 unspecified atom stereocenters. The minimum Gasteiger partial charge on any atom is -0.338 e. The second kappa shape index (κ2) is 7.48. The van der Waals surface area contributed by atoms with Crippen LogP contribution < -0.4 is 5.73 Å². The number of carbonyl (C=O) groups is 1. The van der Waals surface area contributed by atoms with Crippen molar-refractivity contribution >= 4 is 41.3 Å². The van der Waals surface area contributed by atoms with Gasteiger partial charge in [-0.05, 0) is 38.3 Å². The predicted octanol–water partition coefficient (Wildman–Crippen LogP) is 3.30. The van der Waals surface area contributed by atoms with E-state index in [1.807, 2.05) is 24.0 Å². The van der Waals surface area contributed by atoms with Crippen LogP contribution in [0.5, 0.6) is 0 Å². The number of halogens is 2. The molecule has 6 heteroatoms. The van der Waals surface area contributed by atoms with Crippen molar-refractivity contribution in [3.05, 3.63) is 21.3 Å². The number of rotatable bonds is 4. The van der Waals surface area contributed by atoms with Gasteiger partial charge in [-0.3, -0.25) is 4.79 Å². The third-order valence-electron chi connectivity index (χ3n) is 3.49. The molecule has 0 aromatic carbocycles.